The fourth-order valence-electron chi connectivity index (χ4n) is 2.42. The van der Waals surface area contributed by atoms with Crippen LogP contribution >= 0.6 is 0 Å². The number of carbonyl (C=O) groups excluding carboxylic acids is 1. The van der Waals surface area contributed by atoms with Gasteiger partial charge in [0.1, 0.15) is 23.4 Å². The number of hydrogen-bond donors (Lipinski definition) is 3. The van der Waals surface area contributed by atoms with E-state index < -0.39 is 11.7 Å². The van der Waals surface area contributed by atoms with Gasteiger partial charge in [0.15, 0.2) is 5.69 Å². The van der Waals surface area contributed by atoms with Gasteiger partial charge in [-0.1, -0.05) is 0 Å². The van der Waals surface area contributed by atoms with Gasteiger partial charge in [0.25, 0.3) is 5.91 Å². The Labute approximate surface area is 154 Å². The van der Waals surface area contributed by atoms with E-state index in [2.05, 4.69) is 20.7 Å². The minimum absolute atomic E-state index is 0.0983. The lowest BCUT2D eigenvalue weighted by Crippen LogP contribution is -2.14. The Bertz CT molecular complexity index is 1040. The minimum atomic E-state index is -0.492. The molecule has 0 bridgehead atoms. The SMILES string of the molecule is Cn1nc(C(=O)Nc2ccc(F)c(CNc3cccnc3N)c2)cc1C#N. The molecule has 0 radical (unpaired) electrons. The van der Waals surface area contributed by atoms with E-state index in [1.54, 1.807) is 25.4 Å². The number of anilines is 3. The number of hydrogen-bond acceptors (Lipinski definition) is 6. The molecule has 0 fully saturated rings. The molecule has 0 aliphatic heterocycles. The quantitative estimate of drug-likeness (QED) is 0.638. The number of pyridine rings is 1. The predicted molar refractivity (Wildman–Crippen MR) is 98.3 cm³/mol. The van der Waals surface area contributed by atoms with Crippen molar-refractivity contribution in [1.82, 2.24) is 14.8 Å². The molecule has 0 aliphatic carbocycles. The third-order valence-corrected chi connectivity index (χ3v) is 3.84. The summed E-state index contributed by atoms with van der Waals surface area (Å²) < 4.78 is 15.4. The Kier molecular flexibility index (Phi) is 4.99. The highest BCUT2D eigenvalue weighted by Crippen LogP contribution is 2.19. The van der Waals surface area contributed by atoms with Crippen LogP contribution in [-0.2, 0) is 13.6 Å². The van der Waals surface area contributed by atoms with Crippen molar-refractivity contribution in [3.05, 3.63) is 65.4 Å². The van der Waals surface area contributed by atoms with Gasteiger partial charge in [-0.2, -0.15) is 10.4 Å². The largest absolute Gasteiger partial charge is 0.382 e. The summed E-state index contributed by atoms with van der Waals surface area (Å²) >= 11 is 0. The van der Waals surface area contributed by atoms with Crippen LogP contribution in [0.25, 0.3) is 0 Å². The second-order valence-electron chi connectivity index (χ2n) is 5.70. The zero-order chi connectivity index (χ0) is 19.4. The van der Waals surface area contributed by atoms with Gasteiger partial charge in [-0.05, 0) is 30.3 Å². The van der Waals surface area contributed by atoms with Crippen LogP contribution in [0.1, 0.15) is 21.7 Å². The third kappa shape index (κ3) is 4.01. The van der Waals surface area contributed by atoms with Crippen LogP contribution in [0.15, 0.2) is 42.6 Å². The molecule has 2 heterocycles. The van der Waals surface area contributed by atoms with Crippen LogP contribution in [0.4, 0.5) is 21.6 Å². The van der Waals surface area contributed by atoms with Crippen LogP contribution in [0, 0.1) is 17.1 Å². The van der Waals surface area contributed by atoms with Gasteiger partial charge in [-0.25, -0.2) is 9.37 Å². The number of nitrogen functional groups attached to an aromatic ring is 1. The van der Waals surface area contributed by atoms with Crippen molar-refractivity contribution in [2.45, 2.75) is 6.54 Å². The highest BCUT2D eigenvalue weighted by Gasteiger charge is 2.14. The Morgan fingerprint density at radius 2 is 2.19 bits per heavy atom. The molecular weight excluding hydrogens is 349 g/mol. The Morgan fingerprint density at radius 1 is 1.37 bits per heavy atom. The summed E-state index contributed by atoms with van der Waals surface area (Å²) in [4.78, 5) is 16.2. The normalized spacial score (nSPS) is 10.3. The molecule has 8 nitrogen and oxygen atoms in total. The van der Waals surface area contributed by atoms with Crippen molar-refractivity contribution in [2.75, 3.05) is 16.4 Å². The van der Waals surface area contributed by atoms with Gasteiger partial charge >= 0.3 is 0 Å². The van der Waals surface area contributed by atoms with E-state index in [1.165, 1.54) is 28.9 Å². The fraction of sp³-hybridized carbons (Fsp3) is 0.111. The van der Waals surface area contributed by atoms with E-state index in [0.717, 1.165) is 0 Å². The van der Waals surface area contributed by atoms with Crippen LogP contribution in [0.3, 0.4) is 0 Å². The van der Waals surface area contributed by atoms with Crippen LogP contribution in [0.2, 0.25) is 0 Å². The summed E-state index contributed by atoms with van der Waals surface area (Å²) in [5.74, 6) is -0.604. The molecule has 0 unspecified atom stereocenters. The number of rotatable bonds is 5. The first kappa shape index (κ1) is 17.9. The lowest BCUT2D eigenvalue weighted by Gasteiger charge is -2.11. The lowest BCUT2D eigenvalue weighted by molar-refractivity contribution is 0.102. The number of carbonyl (C=O) groups is 1. The van der Waals surface area contributed by atoms with Crippen molar-refractivity contribution in [3.8, 4) is 6.07 Å². The van der Waals surface area contributed by atoms with Crippen molar-refractivity contribution < 1.29 is 9.18 Å². The molecule has 3 rings (SSSR count). The second kappa shape index (κ2) is 7.53. The van der Waals surface area contributed by atoms with Crippen LogP contribution in [0.5, 0.6) is 0 Å². The molecular formula is C18H16FN7O. The Hall–Kier alpha value is -3.93. The second-order valence-corrected chi connectivity index (χ2v) is 5.70. The minimum Gasteiger partial charge on any atom is -0.382 e. The van der Waals surface area contributed by atoms with Gasteiger partial charge in [0, 0.05) is 37.1 Å². The topological polar surface area (TPSA) is 122 Å². The number of aryl methyl sites for hydroxylation is 1. The number of nitriles is 1. The van der Waals surface area contributed by atoms with Gasteiger partial charge in [-0.15, -0.1) is 0 Å². The number of amides is 1. The highest BCUT2D eigenvalue weighted by atomic mass is 19.1. The number of nitrogens with zero attached hydrogens (tertiary/aromatic N) is 4. The first-order chi connectivity index (χ1) is 13.0. The van der Waals surface area contributed by atoms with Gasteiger partial charge in [0.2, 0.25) is 0 Å². The maximum Gasteiger partial charge on any atom is 0.276 e. The average molecular weight is 365 g/mol. The number of aromatic nitrogens is 3. The van der Waals surface area contributed by atoms with Crippen LogP contribution < -0.4 is 16.4 Å². The van der Waals surface area contributed by atoms with Crippen molar-refractivity contribution in [2.24, 2.45) is 7.05 Å². The summed E-state index contributed by atoms with van der Waals surface area (Å²) in [6, 6.07) is 11.0. The molecule has 1 amide bonds. The van der Waals surface area contributed by atoms with E-state index in [1.807, 2.05) is 6.07 Å². The van der Waals surface area contributed by atoms with Crippen LogP contribution in [-0.4, -0.2) is 20.7 Å². The van der Waals surface area contributed by atoms with Gasteiger partial charge < -0.3 is 16.4 Å². The van der Waals surface area contributed by atoms with Crippen molar-refractivity contribution >= 4 is 23.1 Å². The zero-order valence-electron chi connectivity index (χ0n) is 14.4. The van der Waals surface area contributed by atoms with Crippen molar-refractivity contribution in [1.29, 1.82) is 5.26 Å². The lowest BCUT2D eigenvalue weighted by atomic mass is 10.1. The molecule has 0 saturated heterocycles. The Morgan fingerprint density at radius 3 is 2.89 bits per heavy atom. The maximum absolute atomic E-state index is 14.1. The van der Waals surface area contributed by atoms with E-state index in [9.17, 15) is 9.18 Å². The summed E-state index contributed by atoms with van der Waals surface area (Å²) in [6.07, 6.45) is 1.56. The summed E-state index contributed by atoms with van der Waals surface area (Å²) in [5.41, 5.74) is 7.45. The number of benzene rings is 1. The standard InChI is InChI=1S/C18H16FN7O/c1-26-13(9-20)8-16(25-26)18(27)24-12-4-5-14(19)11(7-12)10-23-15-3-2-6-22-17(15)21/h2-8,23H,10H2,1H3,(H2,21,22)(H,24,27). The first-order valence-corrected chi connectivity index (χ1v) is 7.96. The fourth-order valence-corrected chi connectivity index (χ4v) is 2.42. The molecule has 0 aliphatic rings. The summed E-state index contributed by atoms with van der Waals surface area (Å²) in [6.45, 7) is 0.160. The summed E-state index contributed by atoms with van der Waals surface area (Å²) in [7, 11) is 1.57. The molecule has 0 spiro atoms. The summed E-state index contributed by atoms with van der Waals surface area (Å²) in [5, 5.41) is 18.6. The van der Waals surface area contributed by atoms with Gasteiger partial charge in [0.05, 0.1) is 5.69 Å². The molecule has 0 saturated carbocycles. The smallest absolute Gasteiger partial charge is 0.276 e. The molecule has 9 heteroatoms. The molecule has 1 aromatic carbocycles. The van der Waals surface area contributed by atoms with E-state index >= 15 is 0 Å². The molecule has 2 aromatic heterocycles. The molecule has 3 aromatic rings. The monoisotopic (exact) mass is 365 g/mol. The number of nitrogens with one attached hydrogen (secondary N) is 2. The maximum atomic E-state index is 14.1. The third-order valence-electron chi connectivity index (χ3n) is 3.84. The van der Waals surface area contributed by atoms with E-state index in [-0.39, 0.29) is 17.9 Å². The predicted octanol–water partition coefficient (Wildman–Crippen LogP) is 2.27. The molecule has 27 heavy (non-hydrogen) atoms. The van der Waals surface area contributed by atoms with E-state index in [4.69, 9.17) is 11.0 Å². The average Bonchev–Trinajstić information content (AvgIpc) is 3.04. The molecule has 4 N–H and O–H groups in total. The number of nitrogens with two attached hydrogens (primary N) is 1. The zero-order valence-corrected chi connectivity index (χ0v) is 14.4. The van der Waals surface area contributed by atoms with Gasteiger partial charge in [-0.3, -0.25) is 9.48 Å². The molecule has 136 valence electrons. The molecule has 0 atom stereocenters. The number of halogens is 1. The first-order valence-electron chi connectivity index (χ1n) is 7.96. The van der Waals surface area contributed by atoms with E-state index in [0.29, 0.717) is 22.8 Å². The van der Waals surface area contributed by atoms with Crippen molar-refractivity contribution in [3.63, 3.8) is 0 Å². The highest BCUT2D eigenvalue weighted by molar-refractivity contribution is 6.03. The Balaban J connectivity index is 1.73.